The van der Waals surface area contributed by atoms with E-state index in [1.165, 1.54) is 18.2 Å². The lowest BCUT2D eigenvalue weighted by atomic mass is 10.0. The molecule has 0 bridgehead atoms. The van der Waals surface area contributed by atoms with Crippen molar-refractivity contribution in [2.45, 2.75) is 20.8 Å². The maximum atomic E-state index is 11.2. The highest BCUT2D eigenvalue weighted by Crippen LogP contribution is 2.12. The summed E-state index contributed by atoms with van der Waals surface area (Å²) in [6.45, 7) is 5.64. The minimum atomic E-state index is -1.66. The highest BCUT2D eigenvalue weighted by Gasteiger charge is 2.21. The quantitative estimate of drug-likeness (QED) is 0.620. The van der Waals surface area contributed by atoms with Crippen LogP contribution >= 0.6 is 0 Å². The number of aryl methyl sites for hydroxylation is 1. The molecule has 5 nitrogen and oxygen atoms in total. The molecule has 0 aromatic heterocycles. The Hall–Kier alpha value is -2.17. The van der Waals surface area contributed by atoms with Crippen molar-refractivity contribution in [3.8, 4) is 0 Å². The minimum absolute atomic E-state index is 0.296. The summed E-state index contributed by atoms with van der Waals surface area (Å²) in [7, 11) is 0. The van der Waals surface area contributed by atoms with Gasteiger partial charge < -0.3 is 10.2 Å². The molecular weight excluding hydrogens is 224 g/mol. The van der Waals surface area contributed by atoms with E-state index in [1.807, 2.05) is 13.8 Å². The fraction of sp³-hybridized carbons (Fsp3) is 0.250. The van der Waals surface area contributed by atoms with Crippen LogP contribution < -0.4 is 0 Å². The van der Waals surface area contributed by atoms with Crippen LogP contribution in [0.4, 0.5) is 0 Å². The third-order valence-corrected chi connectivity index (χ3v) is 1.84. The van der Waals surface area contributed by atoms with Crippen molar-refractivity contribution < 1.29 is 24.6 Å². The van der Waals surface area contributed by atoms with Crippen LogP contribution in [0.25, 0.3) is 0 Å². The molecule has 0 amide bonds. The molecule has 0 aliphatic heterocycles. The number of carboxylic acids is 2. The molecule has 1 aromatic rings. The Morgan fingerprint density at radius 2 is 1.53 bits per heavy atom. The summed E-state index contributed by atoms with van der Waals surface area (Å²) in [5.74, 6) is -4.20. The van der Waals surface area contributed by atoms with Crippen LogP contribution in [-0.4, -0.2) is 27.9 Å². The van der Waals surface area contributed by atoms with Crippen molar-refractivity contribution in [3.05, 3.63) is 34.9 Å². The van der Waals surface area contributed by atoms with Crippen LogP contribution in [0.5, 0.6) is 0 Å². The van der Waals surface area contributed by atoms with Gasteiger partial charge in [-0.15, -0.1) is 0 Å². The Kier molecular flexibility index (Phi) is 5.60. The monoisotopic (exact) mass is 238 g/mol. The molecule has 1 rings (SSSR count). The second kappa shape index (κ2) is 6.42. The molecule has 0 atom stereocenters. The molecule has 0 heterocycles. The maximum Gasteiger partial charge on any atom is 0.377 e. The molecule has 0 saturated carbocycles. The summed E-state index contributed by atoms with van der Waals surface area (Å²) in [5, 5.41) is 17.2. The summed E-state index contributed by atoms with van der Waals surface area (Å²) in [6, 6.07) is 3.97. The molecule has 0 fully saturated rings. The Morgan fingerprint density at radius 1 is 1.00 bits per heavy atom. The SMILES string of the molecule is CC.Cc1ccc(C(=O)O)c(C(=O)C(=O)O)c1. The van der Waals surface area contributed by atoms with E-state index in [0.717, 1.165) is 0 Å². The highest BCUT2D eigenvalue weighted by molar-refractivity contribution is 6.41. The van der Waals surface area contributed by atoms with E-state index in [2.05, 4.69) is 0 Å². The number of hydrogen-bond donors (Lipinski definition) is 2. The molecule has 0 saturated heterocycles. The Labute approximate surface area is 98.7 Å². The molecule has 0 aliphatic rings. The van der Waals surface area contributed by atoms with E-state index in [4.69, 9.17) is 10.2 Å². The number of carbonyl (C=O) groups excluding carboxylic acids is 1. The Balaban J connectivity index is 0.00000121. The fourth-order valence-electron chi connectivity index (χ4n) is 1.15. The molecule has 0 unspecified atom stereocenters. The summed E-state index contributed by atoms with van der Waals surface area (Å²) in [6.07, 6.45) is 0. The number of aromatic carboxylic acids is 1. The fourth-order valence-corrected chi connectivity index (χ4v) is 1.15. The van der Waals surface area contributed by atoms with E-state index in [-0.39, 0.29) is 11.1 Å². The summed E-state index contributed by atoms with van der Waals surface area (Å²) in [4.78, 5) is 32.3. The van der Waals surface area contributed by atoms with Gasteiger partial charge in [0.05, 0.1) is 5.56 Å². The van der Waals surface area contributed by atoms with Gasteiger partial charge in [0.15, 0.2) is 0 Å². The van der Waals surface area contributed by atoms with Crippen LogP contribution in [0.15, 0.2) is 18.2 Å². The lowest BCUT2D eigenvalue weighted by Crippen LogP contribution is -2.17. The Bertz CT molecular complexity index is 448. The number of ketones is 1. The van der Waals surface area contributed by atoms with E-state index < -0.39 is 17.7 Å². The zero-order valence-electron chi connectivity index (χ0n) is 9.85. The number of rotatable bonds is 3. The van der Waals surface area contributed by atoms with Gasteiger partial charge in [-0.1, -0.05) is 25.5 Å². The van der Waals surface area contributed by atoms with Gasteiger partial charge in [0.2, 0.25) is 0 Å². The first-order chi connectivity index (χ1) is 7.93. The normalized spacial score (nSPS) is 8.88. The van der Waals surface area contributed by atoms with Gasteiger partial charge in [-0.2, -0.15) is 0 Å². The van der Waals surface area contributed by atoms with Crippen molar-refractivity contribution >= 4 is 17.7 Å². The van der Waals surface area contributed by atoms with Crippen LogP contribution in [0, 0.1) is 6.92 Å². The molecule has 0 radical (unpaired) electrons. The highest BCUT2D eigenvalue weighted by atomic mass is 16.4. The summed E-state index contributed by atoms with van der Waals surface area (Å²) >= 11 is 0. The molecule has 17 heavy (non-hydrogen) atoms. The second-order valence-corrected chi connectivity index (χ2v) is 2.99. The van der Waals surface area contributed by atoms with Crippen molar-refractivity contribution in [3.63, 3.8) is 0 Å². The number of Topliss-reactive ketones (excluding diaryl/α,β-unsaturated/α-hetero) is 1. The molecular formula is C12H14O5. The lowest BCUT2D eigenvalue weighted by Gasteiger charge is -2.03. The number of benzene rings is 1. The van der Waals surface area contributed by atoms with Gasteiger partial charge in [-0.3, -0.25) is 4.79 Å². The number of hydrogen-bond acceptors (Lipinski definition) is 3. The predicted molar refractivity (Wildman–Crippen MR) is 61.5 cm³/mol. The smallest absolute Gasteiger partial charge is 0.377 e. The molecule has 1 aromatic carbocycles. The molecule has 2 N–H and O–H groups in total. The standard InChI is InChI=1S/C10H8O5.C2H6/c1-5-2-3-6(9(12)13)7(4-5)8(11)10(14)15;1-2/h2-4H,1H3,(H,12,13)(H,14,15);1-2H3. The maximum absolute atomic E-state index is 11.2. The van der Waals surface area contributed by atoms with E-state index in [1.54, 1.807) is 6.92 Å². The zero-order chi connectivity index (χ0) is 13.6. The average molecular weight is 238 g/mol. The van der Waals surface area contributed by atoms with Crippen LogP contribution in [0.1, 0.15) is 40.1 Å². The first kappa shape index (κ1) is 14.8. The van der Waals surface area contributed by atoms with Gasteiger partial charge >= 0.3 is 11.9 Å². The van der Waals surface area contributed by atoms with Crippen molar-refractivity contribution in [1.29, 1.82) is 0 Å². The number of carboxylic acid groups (broad SMARTS) is 2. The third-order valence-electron chi connectivity index (χ3n) is 1.84. The molecule has 0 aliphatic carbocycles. The van der Waals surface area contributed by atoms with Gasteiger partial charge in [-0.25, -0.2) is 9.59 Å². The lowest BCUT2D eigenvalue weighted by molar-refractivity contribution is -0.131. The van der Waals surface area contributed by atoms with Crippen molar-refractivity contribution in [2.24, 2.45) is 0 Å². The summed E-state index contributed by atoms with van der Waals surface area (Å²) in [5.41, 5.74) is 0.0348. The van der Waals surface area contributed by atoms with Gasteiger partial charge in [0.1, 0.15) is 0 Å². The summed E-state index contributed by atoms with van der Waals surface area (Å²) < 4.78 is 0. The first-order valence-corrected chi connectivity index (χ1v) is 5.05. The van der Waals surface area contributed by atoms with Crippen LogP contribution in [0.2, 0.25) is 0 Å². The molecule has 5 heteroatoms. The molecule has 0 spiro atoms. The van der Waals surface area contributed by atoms with Crippen molar-refractivity contribution in [2.75, 3.05) is 0 Å². The van der Waals surface area contributed by atoms with Gasteiger partial charge in [0, 0.05) is 5.56 Å². The van der Waals surface area contributed by atoms with E-state index in [0.29, 0.717) is 5.56 Å². The number of carbonyl (C=O) groups is 3. The zero-order valence-corrected chi connectivity index (χ0v) is 9.85. The average Bonchev–Trinajstić information content (AvgIpc) is 2.30. The second-order valence-electron chi connectivity index (χ2n) is 2.99. The van der Waals surface area contributed by atoms with Crippen LogP contribution in [0.3, 0.4) is 0 Å². The third kappa shape index (κ3) is 3.71. The van der Waals surface area contributed by atoms with E-state index in [9.17, 15) is 14.4 Å². The van der Waals surface area contributed by atoms with E-state index >= 15 is 0 Å². The van der Waals surface area contributed by atoms with Crippen LogP contribution in [-0.2, 0) is 4.79 Å². The van der Waals surface area contributed by atoms with Crippen molar-refractivity contribution in [1.82, 2.24) is 0 Å². The number of aliphatic carboxylic acids is 1. The molecule has 92 valence electrons. The topological polar surface area (TPSA) is 91.7 Å². The Morgan fingerprint density at radius 3 is 1.94 bits per heavy atom. The predicted octanol–water partition coefficient (Wildman–Crippen LogP) is 1.99. The van der Waals surface area contributed by atoms with Gasteiger partial charge in [-0.05, 0) is 19.1 Å². The largest absolute Gasteiger partial charge is 0.478 e. The van der Waals surface area contributed by atoms with Gasteiger partial charge in [0.25, 0.3) is 5.78 Å². The first-order valence-electron chi connectivity index (χ1n) is 5.05. The minimum Gasteiger partial charge on any atom is -0.478 e.